The van der Waals surface area contributed by atoms with Gasteiger partial charge < -0.3 is 9.84 Å². The highest BCUT2D eigenvalue weighted by Gasteiger charge is 2.22. The van der Waals surface area contributed by atoms with E-state index in [2.05, 4.69) is 20.6 Å². The van der Waals surface area contributed by atoms with E-state index in [1.54, 1.807) is 10.9 Å². The molecule has 6 heteroatoms. The van der Waals surface area contributed by atoms with Gasteiger partial charge in [-0.3, -0.25) is 4.68 Å². The number of hydrogen-bond acceptors (Lipinski definition) is 5. The second-order valence-corrected chi connectivity index (χ2v) is 4.01. The highest BCUT2D eigenvalue weighted by atomic mass is 16.5. The van der Waals surface area contributed by atoms with Crippen molar-refractivity contribution in [2.75, 3.05) is 6.54 Å². The predicted molar refractivity (Wildman–Crippen MR) is 56.5 cm³/mol. The van der Waals surface area contributed by atoms with E-state index in [4.69, 9.17) is 4.52 Å². The number of aromatic nitrogens is 4. The normalized spacial score (nSPS) is 20.4. The Kier molecular flexibility index (Phi) is 2.21. The van der Waals surface area contributed by atoms with Crippen molar-refractivity contribution < 1.29 is 4.52 Å². The molecule has 1 aliphatic rings. The maximum Gasteiger partial charge on any atom is 0.244 e. The van der Waals surface area contributed by atoms with Crippen LogP contribution < -0.4 is 5.32 Å². The van der Waals surface area contributed by atoms with Crippen LogP contribution in [0.3, 0.4) is 0 Å². The van der Waals surface area contributed by atoms with E-state index in [9.17, 15) is 0 Å². The van der Waals surface area contributed by atoms with Gasteiger partial charge in [0.15, 0.2) is 0 Å². The molecule has 0 spiro atoms. The van der Waals surface area contributed by atoms with Crippen LogP contribution in [0.4, 0.5) is 0 Å². The lowest BCUT2D eigenvalue weighted by Gasteiger charge is -2.01. The quantitative estimate of drug-likeness (QED) is 0.812. The summed E-state index contributed by atoms with van der Waals surface area (Å²) < 4.78 is 6.97. The number of nitrogens with zero attached hydrogens (tertiary/aromatic N) is 4. The molecule has 0 radical (unpaired) electrons. The third-order valence-electron chi connectivity index (χ3n) is 2.76. The fourth-order valence-corrected chi connectivity index (χ4v) is 1.93. The van der Waals surface area contributed by atoms with Crippen LogP contribution in [0.15, 0.2) is 16.9 Å². The summed E-state index contributed by atoms with van der Waals surface area (Å²) in [7, 11) is 1.86. The lowest BCUT2D eigenvalue weighted by molar-refractivity contribution is 0.345. The second-order valence-electron chi connectivity index (χ2n) is 4.01. The molecule has 2 aromatic heterocycles. The summed E-state index contributed by atoms with van der Waals surface area (Å²) >= 11 is 0. The molecule has 0 aromatic carbocycles. The van der Waals surface area contributed by atoms with Crippen LogP contribution in [-0.2, 0) is 7.05 Å². The molecular weight excluding hydrogens is 206 g/mol. The maximum absolute atomic E-state index is 5.25. The van der Waals surface area contributed by atoms with Crippen LogP contribution in [0.5, 0.6) is 0 Å². The van der Waals surface area contributed by atoms with Gasteiger partial charge in [0.05, 0.1) is 17.8 Å². The topological polar surface area (TPSA) is 68.8 Å². The molecule has 0 amide bonds. The van der Waals surface area contributed by atoms with Gasteiger partial charge in [-0.05, 0) is 19.4 Å². The van der Waals surface area contributed by atoms with E-state index in [0.29, 0.717) is 11.7 Å². The first-order valence-corrected chi connectivity index (χ1v) is 5.39. The van der Waals surface area contributed by atoms with E-state index in [1.165, 1.54) is 0 Å². The fourth-order valence-electron chi connectivity index (χ4n) is 1.93. The zero-order valence-corrected chi connectivity index (χ0v) is 9.05. The Bertz CT molecular complexity index is 483. The predicted octanol–water partition coefficient (Wildman–Crippen LogP) is 0.895. The van der Waals surface area contributed by atoms with Gasteiger partial charge in [0.2, 0.25) is 11.7 Å². The third-order valence-corrected chi connectivity index (χ3v) is 2.76. The number of nitrogens with one attached hydrogen (secondary N) is 1. The van der Waals surface area contributed by atoms with Crippen molar-refractivity contribution in [3.63, 3.8) is 0 Å². The first kappa shape index (κ1) is 9.53. The maximum atomic E-state index is 5.25. The van der Waals surface area contributed by atoms with Crippen molar-refractivity contribution >= 4 is 0 Å². The van der Waals surface area contributed by atoms with Crippen LogP contribution in [0.25, 0.3) is 11.4 Å². The summed E-state index contributed by atoms with van der Waals surface area (Å²) in [5.74, 6) is 1.29. The van der Waals surface area contributed by atoms with Crippen molar-refractivity contribution in [3.8, 4) is 11.4 Å². The molecule has 0 saturated carbocycles. The molecule has 0 bridgehead atoms. The Hall–Kier alpha value is -1.69. The highest BCUT2D eigenvalue weighted by molar-refractivity contribution is 5.51. The Labute approximate surface area is 92.6 Å². The minimum Gasteiger partial charge on any atom is -0.337 e. The van der Waals surface area contributed by atoms with Crippen LogP contribution in [0.2, 0.25) is 0 Å². The molecule has 1 fully saturated rings. The molecule has 1 atom stereocenters. The minimum absolute atomic E-state index is 0.220. The lowest BCUT2D eigenvalue weighted by atomic mass is 10.2. The van der Waals surface area contributed by atoms with E-state index in [-0.39, 0.29) is 6.04 Å². The molecule has 0 aliphatic carbocycles. The van der Waals surface area contributed by atoms with Crippen LogP contribution >= 0.6 is 0 Å². The first-order valence-electron chi connectivity index (χ1n) is 5.39. The number of hydrogen-bond donors (Lipinski definition) is 1. The van der Waals surface area contributed by atoms with Crippen molar-refractivity contribution in [2.45, 2.75) is 18.9 Å². The average molecular weight is 219 g/mol. The SMILES string of the molecule is Cn1cc(-c2noc([C@@H]3CCCN3)n2)cn1. The van der Waals surface area contributed by atoms with Crippen LogP contribution in [-0.4, -0.2) is 26.5 Å². The highest BCUT2D eigenvalue weighted by Crippen LogP contribution is 2.23. The zero-order valence-electron chi connectivity index (χ0n) is 9.05. The Balaban J connectivity index is 1.87. The van der Waals surface area contributed by atoms with E-state index < -0.39 is 0 Å². The van der Waals surface area contributed by atoms with E-state index in [0.717, 1.165) is 24.9 Å². The van der Waals surface area contributed by atoms with Gasteiger partial charge in [0, 0.05) is 13.2 Å². The van der Waals surface area contributed by atoms with Gasteiger partial charge in [-0.25, -0.2) is 0 Å². The molecule has 0 unspecified atom stereocenters. The summed E-state index contributed by atoms with van der Waals surface area (Å²) in [6, 6.07) is 0.220. The lowest BCUT2D eigenvalue weighted by Crippen LogP contribution is -2.12. The van der Waals surface area contributed by atoms with Gasteiger partial charge in [0.1, 0.15) is 0 Å². The molecule has 84 valence electrons. The Morgan fingerprint density at radius 3 is 3.19 bits per heavy atom. The zero-order chi connectivity index (χ0) is 11.0. The van der Waals surface area contributed by atoms with E-state index in [1.807, 2.05) is 13.2 Å². The average Bonchev–Trinajstić information content (AvgIpc) is 2.97. The molecule has 3 rings (SSSR count). The van der Waals surface area contributed by atoms with Gasteiger partial charge in [-0.15, -0.1) is 0 Å². The number of aryl methyl sites for hydroxylation is 1. The molecular formula is C10H13N5O. The standard InChI is InChI=1S/C10H13N5O/c1-15-6-7(5-12-15)9-13-10(16-14-9)8-3-2-4-11-8/h5-6,8,11H,2-4H2,1H3/t8-/m0/s1. The van der Waals surface area contributed by atoms with Gasteiger partial charge in [-0.1, -0.05) is 5.16 Å². The molecule has 1 aliphatic heterocycles. The summed E-state index contributed by atoms with van der Waals surface area (Å²) in [6.07, 6.45) is 5.83. The van der Waals surface area contributed by atoms with Crippen molar-refractivity contribution in [1.29, 1.82) is 0 Å². The molecule has 1 saturated heterocycles. The largest absolute Gasteiger partial charge is 0.337 e. The second kappa shape index (κ2) is 3.71. The monoisotopic (exact) mass is 219 g/mol. The van der Waals surface area contributed by atoms with Gasteiger partial charge >= 0.3 is 0 Å². The first-order chi connectivity index (χ1) is 7.83. The molecule has 2 aromatic rings. The Morgan fingerprint density at radius 1 is 1.56 bits per heavy atom. The summed E-state index contributed by atoms with van der Waals surface area (Å²) in [5, 5.41) is 11.4. The Morgan fingerprint density at radius 2 is 2.50 bits per heavy atom. The van der Waals surface area contributed by atoms with Crippen LogP contribution in [0.1, 0.15) is 24.8 Å². The van der Waals surface area contributed by atoms with Crippen molar-refractivity contribution in [1.82, 2.24) is 25.2 Å². The fraction of sp³-hybridized carbons (Fsp3) is 0.500. The third kappa shape index (κ3) is 1.61. The summed E-state index contributed by atoms with van der Waals surface area (Å²) in [6.45, 7) is 1.02. The van der Waals surface area contributed by atoms with Gasteiger partial charge in [0.25, 0.3) is 0 Å². The summed E-state index contributed by atoms with van der Waals surface area (Å²) in [4.78, 5) is 4.38. The van der Waals surface area contributed by atoms with Crippen molar-refractivity contribution in [2.24, 2.45) is 7.05 Å². The summed E-state index contributed by atoms with van der Waals surface area (Å²) in [5.41, 5.74) is 0.885. The number of rotatable bonds is 2. The van der Waals surface area contributed by atoms with E-state index >= 15 is 0 Å². The van der Waals surface area contributed by atoms with Crippen molar-refractivity contribution in [3.05, 3.63) is 18.3 Å². The molecule has 6 nitrogen and oxygen atoms in total. The minimum atomic E-state index is 0.220. The molecule has 3 heterocycles. The van der Waals surface area contributed by atoms with Gasteiger partial charge in [-0.2, -0.15) is 10.1 Å². The smallest absolute Gasteiger partial charge is 0.244 e. The molecule has 16 heavy (non-hydrogen) atoms. The molecule has 1 N–H and O–H groups in total. The van der Waals surface area contributed by atoms with Crippen LogP contribution in [0, 0.1) is 0 Å².